The quantitative estimate of drug-likeness (QED) is 0.235. The zero-order valence-electron chi connectivity index (χ0n) is 22.9. The standard InChI is InChI=1S/C30H35Cl2N3O4S/c1-4-6-19-33-30(37)27(5-2)34(20-23-12-8-9-13-26(23)32)29(36)21-35(28-14-10-7-11-22(28)3)40(38,39)25-17-15-24(31)16-18-25/h7-18,27H,4-6,19-21H2,1-3H3,(H,33,37)/t27-/m0/s1. The number of carbonyl (C=O) groups excluding carboxylic acids is 2. The van der Waals surface area contributed by atoms with E-state index in [0.29, 0.717) is 39.8 Å². The highest BCUT2D eigenvalue weighted by molar-refractivity contribution is 7.92. The Bertz CT molecular complexity index is 1410. The van der Waals surface area contributed by atoms with Gasteiger partial charge in [0.05, 0.1) is 10.6 Å². The van der Waals surface area contributed by atoms with Gasteiger partial charge in [-0.25, -0.2) is 8.42 Å². The molecule has 10 heteroatoms. The number of halogens is 2. The Kier molecular flexibility index (Phi) is 11.4. The van der Waals surface area contributed by atoms with E-state index in [4.69, 9.17) is 23.2 Å². The molecule has 0 unspecified atom stereocenters. The second-order valence-corrected chi connectivity index (χ2v) is 12.1. The zero-order valence-corrected chi connectivity index (χ0v) is 25.3. The molecule has 0 aromatic heterocycles. The minimum atomic E-state index is -4.17. The van der Waals surface area contributed by atoms with Crippen molar-refractivity contribution in [2.75, 3.05) is 17.4 Å². The molecular formula is C30H35Cl2N3O4S. The van der Waals surface area contributed by atoms with Gasteiger partial charge >= 0.3 is 0 Å². The van der Waals surface area contributed by atoms with Gasteiger partial charge in [0.1, 0.15) is 12.6 Å². The summed E-state index contributed by atoms with van der Waals surface area (Å²) >= 11 is 12.4. The number of unbranched alkanes of at least 4 members (excludes halogenated alkanes) is 1. The van der Waals surface area contributed by atoms with Crippen molar-refractivity contribution in [2.24, 2.45) is 0 Å². The summed E-state index contributed by atoms with van der Waals surface area (Å²) in [6.07, 6.45) is 2.05. The van der Waals surface area contributed by atoms with Crippen molar-refractivity contribution >= 4 is 50.7 Å². The van der Waals surface area contributed by atoms with Gasteiger partial charge in [-0.3, -0.25) is 13.9 Å². The number of sulfonamides is 1. The molecule has 1 atom stereocenters. The van der Waals surface area contributed by atoms with Gasteiger partial charge in [-0.05, 0) is 67.3 Å². The van der Waals surface area contributed by atoms with E-state index in [2.05, 4.69) is 5.32 Å². The first kappa shape index (κ1) is 31.5. The van der Waals surface area contributed by atoms with E-state index in [0.717, 1.165) is 17.1 Å². The lowest BCUT2D eigenvalue weighted by Gasteiger charge is -2.33. The molecule has 0 fully saturated rings. The van der Waals surface area contributed by atoms with Gasteiger partial charge in [-0.1, -0.05) is 79.9 Å². The molecule has 0 bridgehead atoms. The van der Waals surface area contributed by atoms with E-state index in [1.807, 2.05) is 13.8 Å². The summed E-state index contributed by atoms with van der Waals surface area (Å²) in [5, 5.41) is 3.76. The van der Waals surface area contributed by atoms with Crippen LogP contribution in [0.2, 0.25) is 10.0 Å². The number of para-hydroxylation sites is 1. The van der Waals surface area contributed by atoms with Crippen LogP contribution in [-0.2, 0) is 26.2 Å². The highest BCUT2D eigenvalue weighted by Gasteiger charge is 2.34. The average Bonchev–Trinajstić information content (AvgIpc) is 2.93. The molecule has 214 valence electrons. The molecule has 0 spiro atoms. The average molecular weight is 605 g/mol. The Hall–Kier alpha value is -3.07. The van der Waals surface area contributed by atoms with Crippen LogP contribution in [0.3, 0.4) is 0 Å². The lowest BCUT2D eigenvalue weighted by atomic mass is 10.1. The number of nitrogens with one attached hydrogen (secondary N) is 1. The van der Waals surface area contributed by atoms with Crippen molar-refractivity contribution < 1.29 is 18.0 Å². The molecule has 3 aromatic rings. The number of hydrogen-bond donors (Lipinski definition) is 1. The van der Waals surface area contributed by atoms with E-state index >= 15 is 0 Å². The molecule has 3 aromatic carbocycles. The number of rotatable bonds is 13. The number of nitrogens with zero attached hydrogens (tertiary/aromatic N) is 2. The predicted molar refractivity (Wildman–Crippen MR) is 161 cm³/mol. The lowest BCUT2D eigenvalue weighted by Crippen LogP contribution is -2.52. The van der Waals surface area contributed by atoms with E-state index in [1.54, 1.807) is 55.5 Å². The first-order valence-corrected chi connectivity index (χ1v) is 15.4. The number of aryl methyl sites for hydroxylation is 1. The van der Waals surface area contributed by atoms with Crippen LogP contribution in [0.5, 0.6) is 0 Å². The van der Waals surface area contributed by atoms with Crippen molar-refractivity contribution in [2.45, 2.75) is 57.5 Å². The second-order valence-electron chi connectivity index (χ2n) is 9.43. The Morgan fingerprint density at radius 3 is 2.20 bits per heavy atom. The summed E-state index contributed by atoms with van der Waals surface area (Å²) in [5.74, 6) is -0.822. The number of benzene rings is 3. The molecule has 0 aliphatic carbocycles. The summed E-state index contributed by atoms with van der Waals surface area (Å²) < 4.78 is 28.9. The fourth-order valence-electron chi connectivity index (χ4n) is 4.33. The molecule has 0 aliphatic heterocycles. The number of carbonyl (C=O) groups is 2. The molecule has 1 N–H and O–H groups in total. The maximum atomic E-state index is 14.1. The second kappa shape index (κ2) is 14.5. The molecule has 3 rings (SSSR count). The largest absolute Gasteiger partial charge is 0.354 e. The molecule has 2 amide bonds. The smallest absolute Gasteiger partial charge is 0.264 e. The third-order valence-corrected chi connectivity index (χ3v) is 8.97. The minimum absolute atomic E-state index is 0.00467. The van der Waals surface area contributed by atoms with Gasteiger partial charge in [0.2, 0.25) is 11.8 Å². The van der Waals surface area contributed by atoms with E-state index < -0.39 is 28.5 Å². The number of anilines is 1. The lowest BCUT2D eigenvalue weighted by molar-refractivity contribution is -0.140. The fourth-order valence-corrected chi connectivity index (χ4v) is 6.13. The van der Waals surface area contributed by atoms with Crippen molar-refractivity contribution in [3.63, 3.8) is 0 Å². The summed E-state index contributed by atoms with van der Waals surface area (Å²) in [5.41, 5.74) is 1.69. The van der Waals surface area contributed by atoms with Gasteiger partial charge in [-0.15, -0.1) is 0 Å². The van der Waals surface area contributed by atoms with E-state index in [1.165, 1.54) is 29.2 Å². The van der Waals surface area contributed by atoms with Crippen LogP contribution in [-0.4, -0.2) is 44.3 Å². The van der Waals surface area contributed by atoms with Crippen LogP contribution >= 0.6 is 23.2 Å². The maximum absolute atomic E-state index is 14.1. The zero-order chi connectivity index (χ0) is 29.3. The van der Waals surface area contributed by atoms with E-state index in [9.17, 15) is 18.0 Å². The molecule has 0 radical (unpaired) electrons. The Balaban J connectivity index is 2.06. The molecular weight excluding hydrogens is 569 g/mol. The third-order valence-electron chi connectivity index (χ3n) is 6.58. The SMILES string of the molecule is CCCCNC(=O)[C@H](CC)N(Cc1ccccc1Cl)C(=O)CN(c1ccccc1C)S(=O)(=O)c1ccc(Cl)cc1. The van der Waals surface area contributed by atoms with Gasteiger partial charge < -0.3 is 10.2 Å². The van der Waals surface area contributed by atoms with Crippen LogP contribution in [0.1, 0.15) is 44.2 Å². The molecule has 40 heavy (non-hydrogen) atoms. The van der Waals surface area contributed by atoms with Crippen LogP contribution in [0.15, 0.2) is 77.7 Å². The minimum Gasteiger partial charge on any atom is -0.354 e. The molecule has 7 nitrogen and oxygen atoms in total. The third kappa shape index (κ3) is 7.77. The normalized spacial score (nSPS) is 12.0. The Labute approximate surface area is 247 Å². The molecule has 0 aliphatic rings. The maximum Gasteiger partial charge on any atom is 0.264 e. The Morgan fingerprint density at radius 1 is 0.925 bits per heavy atom. The van der Waals surface area contributed by atoms with Gasteiger partial charge in [0.15, 0.2) is 0 Å². The summed E-state index contributed by atoms with van der Waals surface area (Å²) in [6, 6.07) is 19.0. The fraction of sp³-hybridized carbons (Fsp3) is 0.333. The Morgan fingerprint density at radius 2 is 1.57 bits per heavy atom. The van der Waals surface area contributed by atoms with Crippen LogP contribution < -0.4 is 9.62 Å². The first-order valence-electron chi connectivity index (χ1n) is 13.2. The van der Waals surface area contributed by atoms with Crippen LogP contribution in [0.25, 0.3) is 0 Å². The molecule has 0 saturated heterocycles. The van der Waals surface area contributed by atoms with Gasteiger partial charge in [0.25, 0.3) is 10.0 Å². The van der Waals surface area contributed by atoms with Crippen LogP contribution in [0, 0.1) is 6.92 Å². The highest BCUT2D eigenvalue weighted by Crippen LogP contribution is 2.28. The van der Waals surface area contributed by atoms with Crippen molar-refractivity contribution in [1.29, 1.82) is 0 Å². The van der Waals surface area contributed by atoms with Crippen LogP contribution in [0.4, 0.5) is 5.69 Å². The van der Waals surface area contributed by atoms with Gasteiger partial charge in [-0.2, -0.15) is 0 Å². The summed E-state index contributed by atoms with van der Waals surface area (Å²) in [6.45, 7) is 5.64. The summed E-state index contributed by atoms with van der Waals surface area (Å²) in [7, 11) is -4.17. The number of hydrogen-bond acceptors (Lipinski definition) is 4. The highest BCUT2D eigenvalue weighted by atomic mass is 35.5. The van der Waals surface area contributed by atoms with Crippen molar-refractivity contribution in [1.82, 2.24) is 10.2 Å². The van der Waals surface area contributed by atoms with Gasteiger partial charge in [0, 0.05) is 23.1 Å². The monoisotopic (exact) mass is 603 g/mol. The van der Waals surface area contributed by atoms with Crippen molar-refractivity contribution in [3.05, 3.63) is 94.0 Å². The summed E-state index contributed by atoms with van der Waals surface area (Å²) in [4.78, 5) is 28.8. The number of amides is 2. The molecule has 0 heterocycles. The molecule has 0 saturated carbocycles. The van der Waals surface area contributed by atoms with E-state index in [-0.39, 0.29) is 17.3 Å². The van der Waals surface area contributed by atoms with Crippen molar-refractivity contribution in [3.8, 4) is 0 Å². The topological polar surface area (TPSA) is 86.8 Å². The first-order chi connectivity index (χ1) is 19.1. The predicted octanol–water partition coefficient (Wildman–Crippen LogP) is 6.22.